The van der Waals surface area contributed by atoms with Gasteiger partial charge in [0, 0.05) is 0 Å². The molecule has 0 aliphatic carbocycles. The van der Waals surface area contributed by atoms with Gasteiger partial charge in [0.25, 0.3) is 0 Å². The monoisotopic (exact) mass is 286 g/mol. The van der Waals surface area contributed by atoms with Crippen LogP contribution in [0.3, 0.4) is 0 Å². The van der Waals surface area contributed by atoms with Crippen molar-refractivity contribution in [1.29, 1.82) is 0 Å². The van der Waals surface area contributed by atoms with Crippen molar-refractivity contribution < 1.29 is 42.5 Å². The Labute approximate surface area is 136 Å². The van der Waals surface area contributed by atoms with E-state index in [0.29, 0.717) is 12.0 Å². The van der Waals surface area contributed by atoms with Crippen LogP contribution in [0.25, 0.3) is 10.8 Å². The van der Waals surface area contributed by atoms with Crippen molar-refractivity contribution in [2.45, 2.75) is 31.1 Å². The third kappa shape index (κ3) is 4.04. The summed E-state index contributed by atoms with van der Waals surface area (Å²) in [5, 5.41) is 1.75. The summed E-state index contributed by atoms with van der Waals surface area (Å²) in [6.45, 7) is 2.03. The summed E-state index contributed by atoms with van der Waals surface area (Å²) < 4.78 is 33.9. The van der Waals surface area contributed by atoms with E-state index in [4.69, 9.17) is 0 Å². The van der Waals surface area contributed by atoms with E-state index in [1.807, 2.05) is 37.3 Å². The fourth-order valence-corrected chi connectivity index (χ4v) is 2.82. The van der Waals surface area contributed by atoms with Gasteiger partial charge in [0.1, 0.15) is 10.1 Å². The van der Waals surface area contributed by atoms with Crippen molar-refractivity contribution in [3.05, 3.63) is 42.0 Å². The summed E-state index contributed by atoms with van der Waals surface area (Å²) in [6.07, 6.45) is 2.46. The third-order valence-corrected chi connectivity index (χ3v) is 3.92. The summed E-state index contributed by atoms with van der Waals surface area (Å²) in [5.41, 5.74) is 0.630. The van der Waals surface area contributed by atoms with Crippen LogP contribution in [0, 0.1) is 0 Å². The molecule has 2 aromatic carbocycles. The molecule has 2 rings (SSSR count). The first-order valence-corrected chi connectivity index (χ1v) is 7.41. The van der Waals surface area contributed by atoms with Crippen LogP contribution in [0.4, 0.5) is 0 Å². The van der Waals surface area contributed by atoms with Crippen molar-refractivity contribution in [3.63, 3.8) is 0 Å². The van der Waals surface area contributed by atoms with Crippen LogP contribution in [-0.4, -0.2) is 13.0 Å². The van der Waals surface area contributed by atoms with Crippen LogP contribution in [-0.2, 0) is 16.5 Å². The van der Waals surface area contributed by atoms with E-state index in [0.717, 1.165) is 23.6 Å². The predicted octanol–water partition coefficient (Wildman–Crippen LogP) is 0.0905. The largest absolute Gasteiger partial charge is 1.00 e. The summed E-state index contributed by atoms with van der Waals surface area (Å²) in [4.78, 5) is -0.0744. The molecule has 0 unspecified atom stereocenters. The Morgan fingerprint density at radius 1 is 1.11 bits per heavy atom. The molecule has 0 bridgehead atoms. The molecule has 0 radical (unpaired) electrons. The SMILES string of the molecule is CCCCc1cc2ccccc2cc1S(=O)(=O)[O-].[Na+]. The van der Waals surface area contributed by atoms with Gasteiger partial charge in [-0.2, -0.15) is 0 Å². The Morgan fingerprint density at radius 3 is 2.21 bits per heavy atom. The molecule has 0 heterocycles. The van der Waals surface area contributed by atoms with Crippen molar-refractivity contribution in [2.24, 2.45) is 0 Å². The molecule has 0 N–H and O–H groups in total. The number of hydrogen-bond donors (Lipinski definition) is 0. The van der Waals surface area contributed by atoms with Crippen LogP contribution in [0.2, 0.25) is 0 Å². The average Bonchev–Trinajstić information content (AvgIpc) is 2.34. The van der Waals surface area contributed by atoms with E-state index in [9.17, 15) is 13.0 Å². The zero-order valence-corrected chi connectivity index (χ0v) is 14.0. The normalized spacial score (nSPS) is 11.3. The first kappa shape index (κ1) is 16.7. The molecule has 0 saturated heterocycles. The summed E-state index contributed by atoms with van der Waals surface area (Å²) in [6, 6.07) is 10.8. The van der Waals surface area contributed by atoms with E-state index in [-0.39, 0.29) is 34.5 Å². The number of unbranched alkanes of at least 4 members (excludes halogenated alkanes) is 1. The Kier molecular flexibility index (Phi) is 6.02. The fourth-order valence-electron chi connectivity index (χ4n) is 2.06. The number of fused-ring (bicyclic) bond motifs is 1. The van der Waals surface area contributed by atoms with E-state index in [1.54, 1.807) is 0 Å². The number of rotatable bonds is 4. The van der Waals surface area contributed by atoms with Gasteiger partial charge in [-0.05, 0) is 41.3 Å². The number of benzene rings is 2. The van der Waals surface area contributed by atoms with Crippen molar-refractivity contribution in [3.8, 4) is 0 Å². The second kappa shape index (κ2) is 6.86. The minimum Gasteiger partial charge on any atom is -0.744 e. The Hall–Kier alpha value is -0.390. The van der Waals surface area contributed by atoms with Crippen LogP contribution < -0.4 is 29.6 Å². The second-order valence-electron chi connectivity index (χ2n) is 4.36. The van der Waals surface area contributed by atoms with Gasteiger partial charge in [-0.1, -0.05) is 37.6 Å². The molecule has 0 fully saturated rings. The van der Waals surface area contributed by atoms with E-state index in [1.165, 1.54) is 6.07 Å². The van der Waals surface area contributed by atoms with Gasteiger partial charge in [-0.25, -0.2) is 8.42 Å². The standard InChI is InChI=1S/C14H16O3S.Na/c1-2-3-6-13-9-11-7-4-5-8-12(11)10-14(13)18(15,16)17;/h4-5,7-10H,2-3,6H2,1H3,(H,15,16,17);/q;+1/p-1. The molecule has 0 amide bonds. The second-order valence-corrected chi connectivity index (χ2v) is 5.71. The number of aryl methyl sites for hydroxylation is 1. The van der Waals surface area contributed by atoms with Crippen LogP contribution in [0.15, 0.2) is 41.3 Å². The van der Waals surface area contributed by atoms with E-state index >= 15 is 0 Å². The van der Waals surface area contributed by atoms with Crippen LogP contribution in [0.1, 0.15) is 25.3 Å². The average molecular weight is 286 g/mol. The molecular formula is C14H15NaO3S. The molecule has 0 aliphatic heterocycles. The molecule has 96 valence electrons. The molecule has 0 aromatic heterocycles. The van der Waals surface area contributed by atoms with Gasteiger partial charge in [0.2, 0.25) is 0 Å². The summed E-state index contributed by atoms with van der Waals surface area (Å²) in [7, 11) is -4.41. The predicted molar refractivity (Wildman–Crippen MR) is 70.5 cm³/mol. The molecular weight excluding hydrogens is 271 g/mol. The maximum atomic E-state index is 11.3. The molecule has 19 heavy (non-hydrogen) atoms. The van der Waals surface area contributed by atoms with Gasteiger partial charge in [-0.15, -0.1) is 0 Å². The third-order valence-electron chi connectivity index (χ3n) is 3.00. The van der Waals surface area contributed by atoms with Gasteiger partial charge >= 0.3 is 29.6 Å². The van der Waals surface area contributed by atoms with E-state index < -0.39 is 10.1 Å². The Morgan fingerprint density at radius 2 is 1.68 bits per heavy atom. The zero-order valence-electron chi connectivity index (χ0n) is 11.2. The smallest absolute Gasteiger partial charge is 0.744 e. The number of hydrogen-bond acceptors (Lipinski definition) is 3. The molecule has 3 nitrogen and oxygen atoms in total. The van der Waals surface area contributed by atoms with E-state index in [2.05, 4.69) is 0 Å². The molecule has 2 aromatic rings. The molecule has 0 aliphatic rings. The van der Waals surface area contributed by atoms with Crippen molar-refractivity contribution >= 4 is 20.9 Å². The van der Waals surface area contributed by atoms with Gasteiger partial charge in [0.15, 0.2) is 0 Å². The van der Waals surface area contributed by atoms with Crippen LogP contribution >= 0.6 is 0 Å². The van der Waals surface area contributed by atoms with Gasteiger partial charge in [0.05, 0.1) is 4.90 Å². The summed E-state index contributed by atoms with van der Waals surface area (Å²) in [5.74, 6) is 0. The minimum atomic E-state index is -4.41. The van der Waals surface area contributed by atoms with Crippen LogP contribution in [0.5, 0.6) is 0 Å². The zero-order chi connectivity index (χ0) is 13.2. The topological polar surface area (TPSA) is 57.2 Å². The summed E-state index contributed by atoms with van der Waals surface area (Å²) >= 11 is 0. The first-order chi connectivity index (χ1) is 8.52. The Balaban J connectivity index is 0.00000180. The van der Waals surface area contributed by atoms with Gasteiger partial charge < -0.3 is 4.55 Å². The fraction of sp³-hybridized carbons (Fsp3) is 0.286. The molecule has 0 atom stereocenters. The van der Waals surface area contributed by atoms with Gasteiger partial charge in [-0.3, -0.25) is 0 Å². The van der Waals surface area contributed by atoms with Crippen molar-refractivity contribution in [1.82, 2.24) is 0 Å². The van der Waals surface area contributed by atoms with Crippen molar-refractivity contribution in [2.75, 3.05) is 0 Å². The molecule has 0 saturated carbocycles. The Bertz CT molecular complexity index is 665. The minimum absolute atomic E-state index is 0. The maximum Gasteiger partial charge on any atom is 1.00 e. The first-order valence-electron chi connectivity index (χ1n) is 6.00. The maximum absolute atomic E-state index is 11.3. The molecule has 5 heteroatoms. The molecule has 0 spiro atoms. The quantitative estimate of drug-likeness (QED) is 0.591.